The van der Waals surface area contributed by atoms with Gasteiger partial charge in [-0.05, 0) is 30.3 Å². The largest absolute Gasteiger partial charge is 0.524 e. The van der Waals surface area contributed by atoms with Gasteiger partial charge in [0.05, 0.1) is 5.39 Å². The molecule has 3 N–H and O–H groups in total. The molecule has 0 aliphatic heterocycles. The van der Waals surface area contributed by atoms with Crippen LogP contribution in [-0.4, -0.2) is 14.9 Å². The van der Waals surface area contributed by atoms with Crippen LogP contribution in [0.2, 0.25) is 0 Å². The van der Waals surface area contributed by atoms with Crippen molar-refractivity contribution < 1.29 is 28.4 Å². The zero-order chi connectivity index (χ0) is 15.2. The molecule has 8 heteroatoms. The van der Waals surface area contributed by atoms with E-state index < -0.39 is 13.4 Å². The van der Waals surface area contributed by atoms with E-state index in [1.807, 2.05) is 0 Å². The highest BCUT2D eigenvalue weighted by atomic mass is 31.2. The standard InChI is InChI=1S/C13H9O7P/c14-7-1-3-9-10-4-2-8(20-21(16,17)18)6-12(10)19-13(15)11(9)5-7/h1-6,14H,(H2,16,17,18). The first-order valence-corrected chi connectivity index (χ1v) is 7.31. The summed E-state index contributed by atoms with van der Waals surface area (Å²) in [5.41, 5.74) is -0.536. The molecular weight excluding hydrogens is 299 g/mol. The van der Waals surface area contributed by atoms with E-state index in [-0.39, 0.29) is 22.5 Å². The quantitative estimate of drug-likeness (QED) is 0.377. The third-order valence-electron chi connectivity index (χ3n) is 2.89. The lowest BCUT2D eigenvalue weighted by molar-refractivity contribution is 0.283. The number of hydrogen-bond donors (Lipinski definition) is 3. The smallest absolute Gasteiger partial charge is 0.508 e. The molecule has 21 heavy (non-hydrogen) atoms. The Bertz CT molecular complexity index is 954. The second-order valence-electron chi connectivity index (χ2n) is 4.36. The highest BCUT2D eigenvalue weighted by Crippen LogP contribution is 2.39. The van der Waals surface area contributed by atoms with Crippen molar-refractivity contribution in [1.82, 2.24) is 0 Å². The van der Waals surface area contributed by atoms with Gasteiger partial charge in [-0.2, -0.15) is 0 Å². The van der Waals surface area contributed by atoms with Crippen LogP contribution in [0.4, 0.5) is 0 Å². The number of phenols is 1. The summed E-state index contributed by atoms with van der Waals surface area (Å²) >= 11 is 0. The first-order valence-electron chi connectivity index (χ1n) is 5.78. The Morgan fingerprint density at radius 3 is 2.43 bits per heavy atom. The minimum atomic E-state index is -4.68. The van der Waals surface area contributed by atoms with Crippen molar-refractivity contribution in [2.24, 2.45) is 0 Å². The highest BCUT2D eigenvalue weighted by Gasteiger charge is 2.17. The Balaban J connectivity index is 2.29. The first kappa shape index (κ1) is 13.6. The fourth-order valence-electron chi connectivity index (χ4n) is 2.09. The molecule has 0 radical (unpaired) electrons. The second-order valence-corrected chi connectivity index (χ2v) is 5.52. The van der Waals surface area contributed by atoms with Gasteiger partial charge in [0.15, 0.2) is 0 Å². The summed E-state index contributed by atoms with van der Waals surface area (Å²) < 4.78 is 20.3. The first-order chi connectivity index (χ1) is 9.83. The second kappa shape index (κ2) is 4.60. The Hall–Kier alpha value is -2.34. The molecule has 0 saturated heterocycles. The Labute approximate surface area is 117 Å². The van der Waals surface area contributed by atoms with E-state index in [1.165, 1.54) is 30.3 Å². The van der Waals surface area contributed by atoms with Gasteiger partial charge in [-0.1, -0.05) is 0 Å². The molecule has 0 saturated carbocycles. The molecule has 0 fully saturated rings. The number of phenolic OH excluding ortho intramolecular Hbond substituents is 1. The number of phosphoric acid groups is 1. The number of benzene rings is 2. The van der Waals surface area contributed by atoms with E-state index >= 15 is 0 Å². The van der Waals surface area contributed by atoms with Gasteiger partial charge in [0.25, 0.3) is 0 Å². The summed E-state index contributed by atoms with van der Waals surface area (Å²) in [4.78, 5) is 29.4. The molecule has 1 aromatic heterocycles. The minimum absolute atomic E-state index is 0.0596. The van der Waals surface area contributed by atoms with Crippen LogP contribution in [0.3, 0.4) is 0 Å². The SMILES string of the molecule is O=c1oc2cc(OP(=O)(O)O)ccc2c2ccc(O)cc12. The molecular formula is C13H9O7P. The molecule has 7 nitrogen and oxygen atoms in total. The molecule has 0 atom stereocenters. The van der Waals surface area contributed by atoms with E-state index in [0.29, 0.717) is 10.8 Å². The monoisotopic (exact) mass is 308 g/mol. The third-order valence-corrected chi connectivity index (χ3v) is 3.34. The Morgan fingerprint density at radius 2 is 1.71 bits per heavy atom. The van der Waals surface area contributed by atoms with Crippen molar-refractivity contribution in [1.29, 1.82) is 0 Å². The van der Waals surface area contributed by atoms with E-state index in [9.17, 15) is 14.5 Å². The fourth-order valence-corrected chi connectivity index (χ4v) is 2.48. The van der Waals surface area contributed by atoms with Crippen LogP contribution >= 0.6 is 7.82 Å². The number of phosphoric ester groups is 1. The van der Waals surface area contributed by atoms with Crippen molar-refractivity contribution in [2.45, 2.75) is 0 Å². The van der Waals surface area contributed by atoms with Crippen LogP contribution in [0.25, 0.3) is 21.7 Å². The van der Waals surface area contributed by atoms with Crippen LogP contribution in [0.5, 0.6) is 11.5 Å². The number of fused-ring (bicyclic) bond motifs is 3. The summed E-state index contributed by atoms with van der Waals surface area (Å²) in [5, 5.41) is 10.7. The van der Waals surface area contributed by atoms with Crippen molar-refractivity contribution in [3.63, 3.8) is 0 Å². The summed E-state index contributed by atoms with van der Waals surface area (Å²) in [6.45, 7) is 0. The predicted molar refractivity (Wildman–Crippen MR) is 74.3 cm³/mol. The fraction of sp³-hybridized carbons (Fsp3) is 0. The zero-order valence-corrected chi connectivity index (χ0v) is 11.3. The van der Waals surface area contributed by atoms with E-state index in [0.717, 1.165) is 0 Å². The maximum Gasteiger partial charge on any atom is 0.524 e. The van der Waals surface area contributed by atoms with E-state index in [1.54, 1.807) is 6.07 Å². The molecule has 3 rings (SSSR count). The van der Waals surface area contributed by atoms with Crippen LogP contribution in [-0.2, 0) is 4.57 Å². The van der Waals surface area contributed by atoms with Gasteiger partial charge in [0.2, 0.25) is 0 Å². The van der Waals surface area contributed by atoms with Gasteiger partial charge < -0.3 is 14.0 Å². The summed E-state index contributed by atoms with van der Waals surface area (Å²) in [6, 6.07) is 8.38. The molecule has 0 unspecified atom stereocenters. The molecule has 3 aromatic rings. The molecule has 108 valence electrons. The lowest BCUT2D eigenvalue weighted by atomic mass is 10.1. The molecule has 0 aliphatic carbocycles. The normalized spacial score (nSPS) is 11.9. The molecule has 2 aromatic carbocycles. The number of rotatable bonds is 2. The van der Waals surface area contributed by atoms with Crippen molar-refractivity contribution >= 4 is 29.6 Å². The van der Waals surface area contributed by atoms with Crippen LogP contribution in [0.1, 0.15) is 0 Å². The van der Waals surface area contributed by atoms with Crippen molar-refractivity contribution in [2.75, 3.05) is 0 Å². The summed E-state index contributed by atoms with van der Waals surface area (Å²) in [6.07, 6.45) is 0. The number of aromatic hydroxyl groups is 1. The Kier molecular flexibility index (Phi) is 2.98. The van der Waals surface area contributed by atoms with E-state index in [4.69, 9.17) is 14.2 Å². The van der Waals surface area contributed by atoms with Gasteiger partial charge >= 0.3 is 13.4 Å². The van der Waals surface area contributed by atoms with Crippen LogP contribution < -0.4 is 10.1 Å². The lowest BCUT2D eigenvalue weighted by Crippen LogP contribution is -1.99. The number of hydrogen-bond acceptors (Lipinski definition) is 5. The lowest BCUT2D eigenvalue weighted by Gasteiger charge is -2.08. The topological polar surface area (TPSA) is 117 Å². The van der Waals surface area contributed by atoms with Crippen molar-refractivity contribution in [3.8, 4) is 11.5 Å². The molecule has 0 bridgehead atoms. The average molecular weight is 308 g/mol. The zero-order valence-electron chi connectivity index (χ0n) is 10.4. The van der Waals surface area contributed by atoms with Gasteiger partial charge in [-0.15, -0.1) is 0 Å². The molecule has 0 spiro atoms. The van der Waals surface area contributed by atoms with Gasteiger partial charge in [-0.25, -0.2) is 9.36 Å². The van der Waals surface area contributed by atoms with Crippen LogP contribution in [0.15, 0.2) is 45.6 Å². The van der Waals surface area contributed by atoms with E-state index in [2.05, 4.69) is 4.52 Å². The Morgan fingerprint density at radius 1 is 1.00 bits per heavy atom. The van der Waals surface area contributed by atoms with Gasteiger partial charge in [0, 0.05) is 16.8 Å². The van der Waals surface area contributed by atoms with Crippen LogP contribution in [0, 0.1) is 0 Å². The van der Waals surface area contributed by atoms with Gasteiger partial charge in [-0.3, -0.25) is 9.79 Å². The highest BCUT2D eigenvalue weighted by molar-refractivity contribution is 7.46. The maximum absolute atomic E-state index is 11.9. The minimum Gasteiger partial charge on any atom is -0.508 e. The average Bonchev–Trinajstić information content (AvgIpc) is 2.37. The summed E-state index contributed by atoms with van der Waals surface area (Å²) in [5.74, 6) is -0.173. The molecule has 1 heterocycles. The van der Waals surface area contributed by atoms with Gasteiger partial charge in [0.1, 0.15) is 17.1 Å². The molecule has 0 aliphatic rings. The predicted octanol–water partition coefficient (Wildman–Crippen LogP) is 2.12. The maximum atomic E-state index is 11.9. The van der Waals surface area contributed by atoms with Crippen molar-refractivity contribution in [3.05, 3.63) is 46.8 Å². The third kappa shape index (κ3) is 2.62. The molecule has 0 amide bonds. The summed E-state index contributed by atoms with van der Waals surface area (Å²) in [7, 11) is -4.68.